The van der Waals surface area contributed by atoms with Gasteiger partial charge in [0.15, 0.2) is 0 Å². The summed E-state index contributed by atoms with van der Waals surface area (Å²) in [6.07, 6.45) is 2.75. The third kappa shape index (κ3) is 3.68. The van der Waals surface area contributed by atoms with E-state index in [1.165, 1.54) is 11.8 Å². The van der Waals surface area contributed by atoms with Crippen molar-refractivity contribution in [3.63, 3.8) is 0 Å². The maximum absolute atomic E-state index is 11.2. The Morgan fingerprint density at radius 1 is 1.50 bits per heavy atom. The molecule has 1 aromatic carbocycles. The Balaban J connectivity index is 1.95. The molecule has 0 radical (unpaired) electrons. The summed E-state index contributed by atoms with van der Waals surface area (Å²) in [6, 6.07) is 9.88. The third-order valence-electron chi connectivity index (χ3n) is 3.15. The summed E-state index contributed by atoms with van der Waals surface area (Å²) in [5, 5.41) is 13.5. The molecule has 5 heteroatoms. The first kappa shape index (κ1) is 14.3. The number of nitrogens with one attached hydrogen (secondary N) is 3. The van der Waals surface area contributed by atoms with Gasteiger partial charge in [-0.25, -0.2) is 0 Å². The van der Waals surface area contributed by atoms with E-state index in [2.05, 4.69) is 10.6 Å². The van der Waals surface area contributed by atoms with Gasteiger partial charge in [-0.05, 0) is 12.5 Å². The molecule has 20 heavy (non-hydrogen) atoms. The summed E-state index contributed by atoms with van der Waals surface area (Å²) < 4.78 is 5.49. The molecule has 1 heterocycles. The fourth-order valence-corrected chi connectivity index (χ4v) is 2.15. The minimum absolute atomic E-state index is 0.0405. The molecule has 0 aliphatic carbocycles. The van der Waals surface area contributed by atoms with Crippen molar-refractivity contribution in [2.45, 2.75) is 25.6 Å². The molecule has 2 atom stereocenters. The van der Waals surface area contributed by atoms with Crippen LogP contribution in [0.25, 0.3) is 0 Å². The molecule has 1 fully saturated rings. The summed E-state index contributed by atoms with van der Waals surface area (Å²) in [5.41, 5.74) is 1.88. The summed E-state index contributed by atoms with van der Waals surface area (Å²) >= 11 is 0. The fourth-order valence-electron chi connectivity index (χ4n) is 2.15. The van der Waals surface area contributed by atoms with Crippen LogP contribution in [-0.4, -0.2) is 30.9 Å². The molecule has 3 N–H and O–H groups in total. The zero-order chi connectivity index (χ0) is 14.4. The van der Waals surface area contributed by atoms with Crippen LogP contribution in [0, 0.1) is 5.41 Å². The van der Waals surface area contributed by atoms with Gasteiger partial charge in [-0.3, -0.25) is 4.79 Å². The molecule has 1 aromatic rings. The van der Waals surface area contributed by atoms with Gasteiger partial charge in [0.25, 0.3) is 0 Å². The van der Waals surface area contributed by atoms with Gasteiger partial charge in [-0.15, -0.1) is 0 Å². The Bertz CT molecular complexity index is 499. The molecule has 1 amide bonds. The van der Waals surface area contributed by atoms with Crippen LogP contribution in [0.1, 0.15) is 12.5 Å². The minimum atomic E-state index is -0.284. The lowest BCUT2D eigenvalue weighted by Gasteiger charge is -2.30. The van der Waals surface area contributed by atoms with E-state index >= 15 is 0 Å². The van der Waals surface area contributed by atoms with Crippen LogP contribution in [0.15, 0.2) is 42.1 Å². The molecule has 0 spiro atoms. The second-order valence-electron chi connectivity index (χ2n) is 4.74. The number of amides is 1. The first-order chi connectivity index (χ1) is 9.70. The molecule has 5 nitrogen and oxygen atoms in total. The predicted octanol–water partition coefficient (Wildman–Crippen LogP) is 1.21. The first-order valence-electron chi connectivity index (χ1n) is 6.59. The molecule has 1 aliphatic rings. The second-order valence-corrected chi connectivity index (χ2v) is 4.74. The van der Waals surface area contributed by atoms with Crippen molar-refractivity contribution in [3.8, 4) is 0 Å². The average Bonchev–Trinajstić information content (AvgIpc) is 2.46. The highest BCUT2D eigenvalue weighted by atomic mass is 16.5. The predicted molar refractivity (Wildman–Crippen MR) is 77.5 cm³/mol. The van der Waals surface area contributed by atoms with Crippen molar-refractivity contribution < 1.29 is 9.53 Å². The van der Waals surface area contributed by atoms with E-state index in [0.29, 0.717) is 12.1 Å². The number of hydrogen-bond acceptors (Lipinski definition) is 4. The van der Waals surface area contributed by atoms with Gasteiger partial charge in [-0.1, -0.05) is 30.3 Å². The van der Waals surface area contributed by atoms with Crippen LogP contribution in [0.5, 0.6) is 0 Å². The molecular formula is C15H19N3O2. The Morgan fingerprint density at radius 2 is 2.25 bits per heavy atom. The Kier molecular flexibility index (Phi) is 4.90. The van der Waals surface area contributed by atoms with Crippen LogP contribution in [0.4, 0.5) is 0 Å². The number of carbonyl (C=O) groups is 1. The standard InChI is InChI=1S/C15H19N3O2/c1-11-15(20-10-14(19)18-11)13(7-16)9-17-8-12-5-3-2-4-6-12/h2-7,9,11,15-17H,8,10H2,1H3,(H,18,19)/b13-9+,16-7?. The zero-order valence-corrected chi connectivity index (χ0v) is 11.4. The molecule has 1 aliphatic heterocycles. The highest BCUT2D eigenvalue weighted by molar-refractivity contribution is 5.81. The van der Waals surface area contributed by atoms with Crippen molar-refractivity contribution in [2.24, 2.45) is 0 Å². The number of hydrogen-bond donors (Lipinski definition) is 3. The molecule has 106 valence electrons. The van der Waals surface area contributed by atoms with Gasteiger partial charge in [0, 0.05) is 24.5 Å². The average molecular weight is 273 g/mol. The lowest BCUT2D eigenvalue weighted by molar-refractivity contribution is -0.134. The minimum Gasteiger partial charge on any atom is -0.386 e. The van der Waals surface area contributed by atoms with Crippen molar-refractivity contribution >= 4 is 12.1 Å². The number of morpholine rings is 1. The molecule has 0 bridgehead atoms. The number of rotatable bonds is 5. The van der Waals surface area contributed by atoms with Gasteiger partial charge in [0.1, 0.15) is 12.7 Å². The number of carbonyl (C=O) groups excluding carboxylic acids is 1. The van der Waals surface area contributed by atoms with Crippen molar-refractivity contribution in [2.75, 3.05) is 6.61 Å². The first-order valence-corrected chi connectivity index (χ1v) is 6.59. The van der Waals surface area contributed by atoms with E-state index in [9.17, 15) is 4.79 Å². The smallest absolute Gasteiger partial charge is 0.246 e. The summed E-state index contributed by atoms with van der Waals surface area (Å²) in [4.78, 5) is 11.2. The highest BCUT2D eigenvalue weighted by Crippen LogP contribution is 2.13. The van der Waals surface area contributed by atoms with E-state index in [1.807, 2.05) is 37.3 Å². The van der Waals surface area contributed by atoms with E-state index in [-0.39, 0.29) is 24.7 Å². The highest BCUT2D eigenvalue weighted by Gasteiger charge is 2.28. The SMILES string of the molecule is CC1NC(=O)COC1/C(C=N)=C/NCc1ccccc1. The lowest BCUT2D eigenvalue weighted by Crippen LogP contribution is -2.51. The Hall–Kier alpha value is -2.14. The maximum atomic E-state index is 11.2. The third-order valence-corrected chi connectivity index (χ3v) is 3.15. The molecule has 2 unspecified atom stereocenters. The van der Waals surface area contributed by atoms with Crippen molar-refractivity contribution in [3.05, 3.63) is 47.7 Å². The van der Waals surface area contributed by atoms with Crippen molar-refractivity contribution in [1.82, 2.24) is 10.6 Å². The quantitative estimate of drug-likeness (QED) is 0.706. The van der Waals surface area contributed by atoms with Gasteiger partial charge < -0.3 is 20.8 Å². The summed E-state index contributed by atoms with van der Waals surface area (Å²) in [7, 11) is 0. The van der Waals surface area contributed by atoms with E-state index in [0.717, 1.165) is 0 Å². The normalized spacial score (nSPS) is 23.1. The Labute approximate surface area is 118 Å². The van der Waals surface area contributed by atoms with Crippen LogP contribution >= 0.6 is 0 Å². The van der Waals surface area contributed by atoms with Crippen LogP contribution in [-0.2, 0) is 16.1 Å². The largest absolute Gasteiger partial charge is 0.386 e. The van der Waals surface area contributed by atoms with Crippen LogP contribution < -0.4 is 10.6 Å². The number of benzene rings is 1. The zero-order valence-electron chi connectivity index (χ0n) is 11.4. The molecular weight excluding hydrogens is 254 g/mol. The van der Waals surface area contributed by atoms with Crippen molar-refractivity contribution in [1.29, 1.82) is 5.41 Å². The second kappa shape index (κ2) is 6.86. The topological polar surface area (TPSA) is 74.2 Å². The maximum Gasteiger partial charge on any atom is 0.246 e. The van der Waals surface area contributed by atoms with Gasteiger partial charge in [-0.2, -0.15) is 0 Å². The molecule has 2 rings (SSSR count). The van der Waals surface area contributed by atoms with Crippen LogP contribution in [0.3, 0.4) is 0 Å². The van der Waals surface area contributed by atoms with E-state index in [4.69, 9.17) is 10.1 Å². The van der Waals surface area contributed by atoms with Gasteiger partial charge >= 0.3 is 0 Å². The Morgan fingerprint density at radius 3 is 2.90 bits per heavy atom. The monoisotopic (exact) mass is 273 g/mol. The van der Waals surface area contributed by atoms with Gasteiger partial charge in [0.05, 0.1) is 6.04 Å². The lowest BCUT2D eigenvalue weighted by atomic mass is 10.0. The van der Waals surface area contributed by atoms with Crippen LogP contribution in [0.2, 0.25) is 0 Å². The summed E-state index contributed by atoms with van der Waals surface area (Å²) in [6.45, 7) is 2.60. The number of ether oxygens (including phenoxy) is 1. The fraction of sp³-hybridized carbons (Fsp3) is 0.333. The van der Waals surface area contributed by atoms with E-state index < -0.39 is 0 Å². The molecule has 0 saturated carbocycles. The van der Waals surface area contributed by atoms with Gasteiger partial charge in [0.2, 0.25) is 5.91 Å². The van der Waals surface area contributed by atoms with E-state index in [1.54, 1.807) is 6.20 Å². The summed E-state index contributed by atoms with van der Waals surface area (Å²) in [5.74, 6) is -0.115. The molecule has 1 saturated heterocycles. The molecule has 0 aromatic heterocycles.